The van der Waals surface area contributed by atoms with E-state index in [-0.39, 0.29) is 31.1 Å². The molecule has 0 aromatic rings. The highest BCUT2D eigenvalue weighted by molar-refractivity contribution is 7.80. The van der Waals surface area contributed by atoms with Crippen LogP contribution in [-0.4, -0.2) is 85.2 Å². The number of nitrogens with one attached hydrogen (secondary N) is 2. The number of nitrogens with zero attached hydrogens (tertiary/aromatic N) is 3. The Morgan fingerprint density at radius 3 is 2.83 bits per heavy atom. The Hall–Kier alpha value is -2.20. The fourth-order valence-electron chi connectivity index (χ4n) is 3.79. The third-order valence-electron chi connectivity index (χ3n) is 5.10. The van der Waals surface area contributed by atoms with Gasteiger partial charge >= 0.3 is 16.4 Å². The van der Waals surface area contributed by atoms with E-state index in [0.717, 1.165) is 13.0 Å². The van der Waals surface area contributed by atoms with Gasteiger partial charge in [0.2, 0.25) is 0 Å². The fourth-order valence-corrected chi connectivity index (χ4v) is 4.18. The highest BCUT2D eigenvalue weighted by atomic mass is 32.3. The Morgan fingerprint density at radius 1 is 1.38 bits per heavy atom. The molecule has 14 nitrogen and oxygen atoms in total. The zero-order valence-electron chi connectivity index (χ0n) is 15.6. The van der Waals surface area contributed by atoms with Gasteiger partial charge in [0, 0.05) is 25.7 Å². The number of carbonyl (C=O) groups is 2. The van der Waals surface area contributed by atoms with Crippen molar-refractivity contribution in [1.82, 2.24) is 20.8 Å². The summed E-state index contributed by atoms with van der Waals surface area (Å²) in [4.78, 5) is 35.2. The summed E-state index contributed by atoms with van der Waals surface area (Å²) < 4.78 is 34.9. The molecule has 29 heavy (non-hydrogen) atoms. The van der Waals surface area contributed by atoms with Crippen molar-refractivity contribution < 1.29 is 31.7 Å². The first-order valence-corrected chi connectivity index (χ1v) is 10.5. The molecule has 0 aromatic heterocycles. The molecule has 3 heterocycles. The molecule has 0 aromatic carbocycles. The molecule has 3 aliphatic heterocycles. The number of hydrogen-bond donors (Lipinski definition) is 5. The van der Waals surface area contributed by atoms with Crippen LogP contribution in [0, 0.1) is 5.92 Å². The minimum absolute atomic E-state index is 0.0253. The molecule has 0 radical (unpaired) electrons. The van der Waals surface area contributed by atoms with Crippen molar-refractivity contribution in [3.63, 3.8) is 0 Å². The summed E-state index contributed by atoms with van der Waals surface area (Å²) in [6.07, 6.45) is 1.43. The number of hydroxylamine groups is 3. The van der Waals surface area contributed by atoms with E-state index in [1.54, 1.807) is 0 Å². The van der Waals surface area contributed by atoms with Crippen molar-refractivity contribution >= 4 is 28.3 Å². The Kier molecular flexibility index (Phi) is 6.42. The molecule has 0 aliphatic carbocycles. The Labute approximate surface area is 167 Å². The van der Waals surface area contributed by atoms with Gasteiger partial charge in [-0.05, 0) is 25.2 Å². The minimum Gasteiger partial charge on any atom is -0.370 e. The molecule has 15 heteroatoms. The van der Waals surface area contributed by atoms with Gasteiger partial charge in [0.1, 0.15) is 6.04 Å². The molecule has 3 rings (SSSR count). The third-order valence-corrected chi connectivity index (χ3v) is 5.45. The van der Waals surface area contributed by atoms with Gasteiger partial charge in [-0.2, -0.15) is 13.5 Å². The number of hydrogen-bond acceptors (Lipinski definition) is 8. The predicted molar refractivity (Wildman–Crippen MR) is 98.1 cm³/mol. The van der Waals surface area contributed by atoms with Gasteiger partial charge < -0.3 is 21.7 Å². The van der Waals surface area contributed by atoms with Gasteiger partial charge in [0.15, 0.2) is 5.96 Å². The molecule has 0 spiro atoms. The maximum atomic E-state index is 12.4. The van der Waals surface area contributed by atoms with E-state index in [0.29, 0.717) is 24.4 Å². The van der Waals surface area contributed by atoms with E-state index in [1.807, 2.05) is 0 Å². The lowest BCUT2D eigenvalue weighted by molar-refractivity contribution is -0.139. The summed E-state index contributed by atoms with van der Waals surface area (Å²) >= 11 is 0. The quantitative estimate of drug-likeness (QED) is 0.115. The van der Waals surface area contributed by atoms with Crippen LogP contribution >= 0.6 is 0 Å². The number of carbonyl (C=O) groups excluding carboxylic acids is 2. The van der Waals surface area contributed by atoms with Gasteiger partial charge in [0.05, 0.1) is 12.6 Å². The number of aliphatic imine (C=N–C) groups is 1. The summed E-state index contributed by atoms with van der Waals surface area (Å²) in [7, 11) is -4.83. The van der Waals surface area contributed by atoms with Crippen molar-refractivity contribution in [2.24, 2.45) is 22.4 Å². The molecule has 7 N–H and O–H groups in total. The highest BCUT2D eigenvalue weighted by Crippen LogP contribution is 2.30. The normalized spacial score (nSPS) is 29.2. The van der Waals surface area contributed by atoms with Gasteiger partial charge in [-0.25, -0.2) is 10.3 Å². The van der Waals surface area contributed by atoms with E-state index in [4.69, 9.17) is 20.9 Å². The lowest BCUT2D eigenvalue weighted by Crippen LogP contribution is -2.50. The maximum absolute atomic E-state index is 12.4. The average molecular weight is 435 g/mol. The number of urea groups is 1. The first-order valence-electron chi connectivity index (χ1n) is 9.11. The lowest BCUT2D eigenvalue weighted by atomic mass is 10.0. The molecule has 4 atom stereocenters. The van der Waals surface area contributed by atoms with Crippen LogP contribution in [0.1, 0.15) is 19.3 Å². The van der Waals surface area contributed by atoms with Crippen molar-refractivity contribution in [2.75, 3.05) is 26.2 Å². The van der Waals surface area contributed by atoms with Crippen LogP contribution < -0.4 is 22.3 Å². The second kappa shape index (κ2) is 8.66. The highest BCUT2D eigenvalue weighted by Gasteiger charge is 2.49. The monoisotopic (exact) mass is 435 g/mol. The Bertz CT molecular complexity index is 772. The Balaban J connectivity index is 1.44. The molecule has 164 valence electrons. The van der Waals surface area contributed by atoms with Crippen molar-refractivity contribution in [3.05, 3.63) is 0 Å². The second-order valence-electron chi connectivity index (χ2n) is 7.26. The molecular weight excluding hydrogens is 410 g/mol. The number of rotatable bonds is 8. The molecule has 2 bridgehead atoms. The molecule has 3 amide bonds. The summed E-state index contributed by atoms with van der Waals surface area (Å²) in [5.41, 5.74) is 13.0. The van der Waals surface area contributed by atoms with E-state index >= 15 is 0 Å². The van der Waals surface area contributed by atoms with Crippen LogP contribution in [0.5, 0.6) is 0 Å². The molecule has 3 aliphatic rings. The average Bonchev–Trinajstić information content (AvgIpc) is 3.18. The zero-order chi connectivity index (χ0) is 21.2. The second-order valence-corrected chi connectivity index (χ2v) is 8.26. The lowest BCUT2D eigenvalue weighted by Gasteiger charge is -2.29. The Morgan fingerprint density at radius 2 is 2.14 bits per heavy atom. The summed E-state index contributed by atoms with van der Waals surface area (Å²) in [6, 6.07) is -2.15. The van der Waals surface area contributed by atoms with Crippen LogP contribution in [0.2, 0.25) is 0 Å². The number of fused-ring (bicyclic) bond motifs is 2. The summed E-state index contributed by atoms with van der Waals surface area (Å²) in [6.45, 7) is 1.59. The number of piperidine rings is 1. The van der Waals surface area contributed by atoms with Crippen molar-refractivity contribution in [3.8, 4) is 0 Å². The van der Waals surface area contributed by atoms with E-state index in [2.05, 4.69) is 20.1 Å². The van der Waals surface area contributed by atoms with Gasteiger partial charge in [0.25, 0.3) is 5.91 Å². The fraction of sp³-hybridized carbons (Fsp3) is 0.786. The molecule has 0 saturated carbocycles. The third kappa shape index (κ3) is 5.45. The van der Waals surface area contributed by atoms with Crippen molar-refractivity contribution in [1.29, 1.82) is 0 Å². The molecule has 3 saturated heterocycles. The first-order chi connectivity index (χ1) is 13.6. The topological polar surface area (TPSA) is 202 Å². The zero-order valence-corrected chi connectivity index (χ0v) is 16.4. The van der Waals surface area contributed by atoms with Crippen LogP contribution in [0.4, 0.5) is 4.79 Å². The largest absolute Gasteiger partial charge is 0.418 e. The van der Waals surface area contributed by atoms with Crippen molar-refractivity contribution in [2.45, 2.75) is 37.4 Å². The van der Waals surface area contributed by atoms with E-state index in [9.17, 15) is 18.0 Å². The van der Waals surface area contributed by atoms with Gasteiger partial charge in [-0.3, -0.25) is 19.2 Å². The smallest absolute Gasteiger partial charge is 0.370 e. The molecule has 0 unspecified atom stereocenters. The van der Waals surface area contributed by atoms with Gasteiger partial charge in [-0.1, -0.05) is 0 Å². The van der Waals surface area contributed by atoms with Crippen LogP contribution in [-0.2, 0) is 24.3 Å². The van der Waals surface area contributed by atoms with Gasteiger partial charge in [-0.15, -0.1) is 4.28 Å². The summed E-state index contributed by atoms with van der Waals surface area (Å²) in [5, 5.41) is 3.84. The SMILES string of the molecule is NC(N)=NC[C@H]1CN[C@@H](CONC(=O)[C@@H]2CC[C@@H]3CN2C(=O)N3OS(=O)(=O)O)C1. The minimum atomic E-state index is -4.83. The van der Waals surface area contributed by atoms with Crippen LogP contribution in [0.15, 0.2) is 4.99 Å². The van der Waals surface area contributed by atoms with Crippen LogP contribution in [0.3, 0.4) is 0 Å². The standard InChI is InChI=1S/C14H25N7O7S/c15-13(16)18-5-8-3-9(17-4-8)7-27-19-12(22)11-2-1-10-6-20(11)14(23)21(10)28-29(24,25)26/h8-11,17H,1-7H2,(H,19,22)(H4,15,16,18)(H,24,25,26)/t8-,9-,10-,11+/m1/s1. The molecule has 3 fully saturated rings. The number of guanidine groups is 1. The summed E-state index contributed by atoms with van der Waals surface area (Å²) in [5.74, 6) is -0.197. The van der Waals surface area contributed by atoms with E-state index in [1.165, 1.54) is 4.90 Å². The maximum Gasteiger partial charge on any atom is 0.418 e. The molecular formula is C14H25N7O7S. The number of amides is 3. The first kappa shape index (κ1) is 21.5. The predicted octanol–water partition coefficient (Wildman–Crippen LogP) is -2.71. The van der Waals surface area contributed by atoms with E-state index < -0.39 is 34.4 Å². The van der Waals surface area contributed by atoms with Crippen LogP contribution in [0.25, 0.3) is 0 Å². The number of nitrogens with two attached hydrogens (primary N) is 2.